The maximum absolute atomic E-state index is 5.73. The lowest BCUT2D eigenvalue weighted by Crippen LogP contribution is -2.42. The Morgan fingerprint density at radius 1 is 1.27 bits per heavy atom. The third kappa shape index (κ3) is 2.83. The van der Waals surface area contributed by atoms with E-state index in [1.165, 1.54) is 17.8 Å². The minimum absolute atomic E-state index is 0.344. The molecule has 0 amide bonds. The summed E-state index contributed by atoms with van der Waals surface area (Å²) in [6.07, 6.45) is 2.44. The second kappa shape index (κ2) is 6.11. The summed E-state index contributed by atoms with van der Waals surface area (Å²) in [6.45, 7) is 5.88. The molecule has 1 aromatic heterocycles. The molecule has 1 atom stereocenters. The molecule has 4 heteroatoms. The van der Waals surface area contributed by atoms with Crippen LogP contribution in [-0.4, -0.2) is 36.2 Å². The van der Waals surface area contributed by atoms with E-state index in [0.29, 0.717) is 6.04 Å². The highest BCUT2D eigenvalue weighted by atomic mass is 32.1. The van der Waals surface area contributed by atoms with E-state index >= 15 is 0 Å². The summed E-state index contributed by atoms with van der Waals surface area (Å²) in [7, 11) is 0. The van der Waals surface area contributed by atoms with Crippen molar-refractivity contribution in [2.24, 2.45) is 5.92 Å². The van der Waals surface area contributed by atoms with Crippen LogP contribution in [0.4, 0.5) is 0 Å². The third-order valence-corrected chi connectivity index (χ3v) is 5.85. The Kier molecular flexibility index (Phi) is 3.99. The Morgan fingerprint density at radius 3 is 2.73 bits per heavy atom. The molecule has 1 unspecified atom stereocenters. The number of benzene rings is 1. The zero-order chi connectivity index (χ0) is 14.9. The number of hydrogen-bond acceptors (Lipinski definition) is 4. The lowest BCUT2D eigenvalue weighted by Gasteiger charge is -2.36. The predicted octanol–water partition coefficient (Wildman–Crippen LogP) is 3.24. The average molecular weight is 314 g/mol. The molecule has 22 heavy (non-hydrogen) atoms. The number of thiazole rings is 1. The van der Waals surface area contributed by atoms with Crippen LogP contribution in [0.25, 0.3) is 0 Å². The molecule has 2 aromatic rings. The zero-order valence-corrected chi connectivity index (χ0v) is 13.8. The molecule has 3 nitrogen and oxygen atoms in total. The summed E-state index contributed by atoms with van der Waals surface area (Å²) in [5.74, 6) is 0.735. The number of nitrogens with zero attached hydrogens (tertiary/aromatic N) is 2. The van der Waals surface area contributed by atoms with Gasteiger partial charge >= 0.3 is 0 Å². The number of aromatic nitrogens is 1. The Bertz CT molecular complexity index is 629. The van der Waals surface area contributed by atoms with Gasteiger partial charge in [-0.15, -0.1) is 11.3 Å². The van der Waals surface area contributed by atoms with Gasteiger partial charge in [0.15, 0.2) is 0 Å². The van der Waals surface area contributed by atoms with Gasteiger partial charge in [0.2, 0.25) is 0 Å². The van der Waals surface area contributed by atoms with Crippen LogP contribution in [0.1, 0.15) is 27.9 Å². The summed E-state index contributed by atoms with van der Waals surface area (Å²) in [5.41, 5.74) is 4.21. The fourth-order valence-corrected chi connectivity index (χ4v) is 4.63. The van der Waals surface area contributed by atoms with Crippen molar-refractivity contribution in [3.8, 4) is 0 Å². The topological polar surface area (TPSA) is 25.4 Å². The highest BCUT2D eigenvalue weighted by molar-refractivity contribution is 7.09. The van der Waals surface area contributed by atoms with Crippen LogP contribution in [0.5, 0.6) is 0 Å². The van der Waals surface area contributed by atoms with Crippen LogP contribution in [0.15, 0.2) is 29.6 Å². The Balaban J connectivity index is 1.47. The molecular formula is C18H22N2OS. The average Bonchev–Trinajstić information content (AvgIpc) is 3.13. The fourth-order valence-electron chi connectivity index (χ4n) is 3.72. The van der Waals surface area contributed by atoms with E-state index in [0.717, 1.165) is 37.9 Å². The van der Waals surface area contributed by atoms with Crippen molar-refractivity contribution >= 4 is 11.3 Å². The first-order chi connectivity index (χ1) is 10.8. The molecule has 2 heterocycles. The molecule has 2 aliphatic rings. The number of fused-ring (bicyclic) bond motifs is 1. The van der Waals surface area contributed by atoms with Crippen LogP contribution in [0.3, 0.4) is 0 Å². The van der Waals surface area contributed by atoms with Gasteiger partial charge in [0.1, 0.15) is 5.01 Å². The monoisotopic (exact) mass is 314 g/mol. The van der Waals surface area contributed by atoms with Crippen molar-refractivity contribution in [1.29, 1.82) is 0 Å². The third-order valence-electron chi connectivity index (χ3n) is 4.79. The first kappa shape index (κ1) is 14.4. The summed E-state index contributed by atoms with van der Waals surface area (Å²) >= 11 is 1.77. The van der Waals surface area contributed by atoms with Gasteiger partial charge in [-0.3, -0.25) is 4.90 Å². The van der Waals surface area contributed by atoms with Crippen molar-refractivity contribution in [1.82, 2.24) is 9.88 Å². The molecular weight excluding hydrogens is 292 g/mol. The van der Waals surface area contributed by atoms with Crippen molar-refractivity contribution < 1.29 is 4.74 Å². The summed E-state index contributed by atoms with van der Waals surface area (Å²) in [4.78, 5) is 7.29. The SMILES string of the molecule is Cc1csc(C2COCCN2CC2Cc3ccccc3C2)n1. The smallest absolute Gasteiger partial charge is 0.112 e. The standard InChI is InChI=1S/C18H22N2OS/c1-13-12-22-18(19-13)17-11-21-7-6-20(17)10-14-8-15-4-2-3-5-16(15)9-14/h2-5,12,14,17H,6-11H2,1H3. The van der Waals surface area contributed by atoms with Crippen molar-refractivity contribution in [3.05, 3.63) is 51.5 Å². The van der Waals surface area contributed by atoms with Gasteiger partial charge in [-0.1, -0.05) is 24.3 Å². The van der Waals surface area contributed by atoms with Gasteiger partial charge in [-0.2, -0.15) is 0 Å². The second-order valence-corrected chi connectivity index (χ2v) is 7.35. The molecule has 0 bridgehead atoms. The van der Waals surface area contributed by atoms with Gasteiger partial charge in [0.05, 0.1) is 19.3 Å². The molecule has 1 fully saturated rings. The highest BCUT2D eigenvalue weighted by Crippen LogP contribution is 2.32. The largest absolute Gasteiger partial charge is 0.378 e. The van der Waals surface area contributed by atoms with Gasteiger partial charge in [0.25, 0.3) is 0 Å². The Hall–Kier alpha value is -1.23. The van der Waals surface area contributed by atoms with Crippen LogP contribution in [-0.2, 0) is 17.6 Å². The molecule has 1 aliphatic heterocycles. The van der Waals surface area contributed by atoms with Crippen LogP contribution < -0.4 is 0 Å². The van der Waals surface area contributed by atoms with E-state index in [1.54, 1.807) is 22.5 Å². The molecule has 0 saturated carbocycles. The van der Waals surface area contributed by atoms with E-state index < -0.39 is 0 Å². The van der Waals surface area contributed by atoms with E-state index in [2.05, 4.69) is 41.5 Å². The number of ether oxygens (including phenoxy) is 1. The Labute approximate surface area is 135 Å². The summed E-state index contributed by atoms with van der Waals surface area (Å²) in [6, 6.07) is 9.25. The quantitative estimate of drug-likeness (QED) is 0.869. The van der Waals surface area contributed by atoms with Gasteiger partial charge in [0, 0.05) is 24.2 Å². The molecule has 0 spiro atoms. The summed E-state index contributed by atoms with van der Waals surface area (Å²) in [5, 5.41) is 3.36. The minimum Gasteiger partial charge on any atom is -0.378 e. The lowest BCUT2D eigenvalue weighted by atomic mass is 10.0. The van der Waals surface area contributed by atoms with E-state index in [4.69, 9.17) is 9.72 Å². The van der Waals surface area contributed by atoms with E-state index in [1.807, 2.05) is 0 Å². The van der Waals surface area contributed by atoms with Gasteiger partial charge in [-0.25, -0.2) is 4.98 Å². The van der Waals surface area contributed by atoms with Gasteiger partial charge in [-0.05, 0) is 36.8 Å². The van der Waals surface area contributed by atoms with E-state index in [9.17, 15) is 0 Å². The normalized spacial score (nSPS) is 22.9. The number of rotatable bonds is 3. The molecule has 1 aromatic carbocycles. The molecule has 1 aliphatic carbocycles. The summed E-state index contributed by atoms with van der Waals surface area (Å²) < 4.78 is 5.73. The second-order valence-electron chi connectivity index (χ2n) is 6.46. The first-order valence-corrected chi connectivity index (χ1v) is 8.98. The zero-order valence-electron chi connectivity index (χ0n) is 13.0. The number of morpholine rings is 1. The number of aryl methyl sites for hydroxylation is 1. The van der Waals surface area contributed by atoms with Crippen LogP contribution >= 0.6 is 11.3 Å². The van der Waals surface area contributed by atoms with Crippen molar-refractivity contribution in [2.45, 2.75) is 25.8 Å². The van der Waals surface area contributed by atoms with Crippen LogP contribution in [0, 0.1) is 12.8 Å². The molecule has 0 radical (unpaired) electrons. The van der Waals surface area contributed by atoms with Crippen molar-refractivity contribution in [2.75, 3.05) is 26.3 Å². The lowest BCUT2D eigenvalue weighted by molar-refractivity contribution is -0.0149. The molecule has 1 saturated heterocycles. The molecule has 0 N–H and O–H groups in total. The molecule has 116 valence electrons. The minimum atomic E-state index is 0.344. The first-order valence-electron chi connectivity index (χ1n) is 8.10. The highest BCUT2D eigenvalue weighted by Gasteiger charge is 2.30. The number of hydrogen-bond donors (Lipinski definition) is 0. The maximum atomic E-state index is 5.73. The van der Waals surface area contributed by atoms with Crippen molar-refractivity contribution in [3.63, 3.8) is 0 Å². The fraction of sp³-hybridized carbons (Fsp3) is 0.500. The predicted molar refractivity (Wildman–Crippen MR) is 89.3 cm³/mol. The van der Waals surface area contributed by atoms with E-state index in [-0.39, 0.29) is 0 Å². The van der Waals surface area contributed by atoms with Gasteiger partial charge < -0.3 is 4.74 Å². The molecule has 4 rings (SSSR count). The Morgan fingerprint density at radius 2 is 2.05 bits per heavy atom. The van der Waals surface area contributed by atoms with Crippen LogP contribution in [0.2, 0.25) is 0 Å². The maximum Gasteiger partial charge on any atom is 0.112 e.